The number of likely N-dealkylation sites (N-methyl/N-ethyl adjacent to an activating group) is 1. The summed E-state index contributed by atoms with van der Waals surface area (Å²) in [7, 11) is 2.07. The molecule has 2 amide bonds. The second-order valence-corrected chi connectivity index (χ2v) is 6.80. The van der Waals surface area contributed by atoms with Gasteiger partial charge in [0.25, 0.3) is 0 Å². The lowest BCUT2D eigenvalue weighted by Crippen LogP contribution is -2.55. The molecule has 1 atom stereocenters. The molecule has 25 heavy (non-hydrogen) atoms. The molecular formula is C18H25N5O2. The maximum atomic E-state index is 12.6. The predicted octanol–water partition coefficient (Wildman–Crippen LogP) is 0.734. The van der Waals surface area contributed by atoms with Gasteiger partial charge in [-0.1, -0.05) is 6.07 Å². The molecule has 1 saturated heterocycles. The van der Waals surface area contributed by atoms with Crippen LogP contribution in [0.2, 0.25) is 0 Å². The molecule has 1 fully saturated rings. The van der Waals surface area contributed by atoms with Crippen LogP contribution in [0.4, 0.5) is 5.69 Å². The van der Waals surface area contributed by atoms with Crippen molar-refractivity contribution in [2.75, 3.05) is 38.5 Å². The van der Waals surface area contributed by atoms with Gasteiger partial charge in [-0.3, -0.25) is 14.9 Å². The van der Waals surface area contributed by atoms with E-state index in [0.29, 0.717) is 5.96 Å². The fraction of sp³-hybridized carbons (Fsp3) is 0.500. The van der Waals surface area contributed by atoms with E-state index >= 15 is 0 Å². The van der Waals surface area contributed by atoms with Crippen molar-refractivity contribution in [3.8, 4) is 0 Å². The van der Waals surface area contributed by atoms with Crippen LogP contribution in [-0.4, -0.2) is 66.8 Å². The van der Waals surface area contributed by atoms with Crippen LogP contribution in [0.25, 0.3) is 0 Å². The van der Waals surface area contributed by atoms with E-state index in [0.717, 1.165) is 37.4 Å². The van der Waals surface area contributed by atoms with Gasteiger partial charge in [0.1, 0.15) is 6.04 Å². The minimum absolute atomic E-state index is 0.0773. The number of nitrogens with one attached hydrogen (secondary N) is 2. The van der Waals surface area contributed by atoms with Gasteiger partial charge in [-0.25, -0.2) is 4.99 Å². The first-order valence-electron chi connectivity index (χ1n) is 8.61. The van der Waals surface area contributed by atoms with Crippen molar-refractivity contribution in [1.29, 1.82) is 0 Å². The van der Waals surface area contributed by atoms with Gasteiger partial charge in [0.2, 0.25) is 17.8 Å². The SMILES string of the molecule is Cc1ccc(NC(=O)[C@H]2CC(=O)NC(N3CCN(C)CC3)=N2)cc1C. The van der Waals surface area contributed by atoms with Gasteiger partial charge in [-0.05, 0) is 44.2 Å². The van der Waals surface area contributed by atoms with Gasteiger partial charge in [-0.15, -0.1) is 0 Å². The number of hydrogen-bond acceptors (Lipinski definition) is 5. The van der Waals surface area contributed by atoms with E-state index in [9.17, 15) is 9.59 Å². The highest BCUT2D eigenvalue weighted by Gasteiger charge is 2.30. The van der Waals surface area contributed by atoms with Gasteiger partial charge < -0.3 is 15.1 Å². The third-order valence-electron chi connectivity index (χ3n) is 4.79. The number of carbonyl (C=O) groups is 2. The summed E-state index contributed by atoms with van der Waals surface area (Å²) in [4.78, 5) is 33.4. The molecule has 7 nitrogen and oxygen atoms in total. The van der Waals surface area contributed by atoms with Crippen molar-refractivity contribution in [2.24, 2.45) is 4.99 Å². The number of guanidine groups is 1. The van der Waals surface area contributed by atoms with E-state index in [1.165, 1.54) is 5.56 Å². The Labute approximate surface area is 148 Å². The molecule has 2 heterocycles. The van der Waals surface area contributed by atoms with Crippen molar-refractivity contribution < 1.29 is 9.59 Å². The molecular weight excluding hydrogens is 318 g/mol. The zero-order chi connectivity index (χ0) is 18.0. The van der Waals surface area contributed by atoms with E-state index in [4.69, 9.17) is 0 Å². The Morgan fingerprint density at radius 3 is 2.60 bits per heavy atom. The molecule has 0 aliphatic carbocycles. The minimum Gasteiger partial charge on any atom is -0.340 e. The number of hydrogen-bond donors (Lipinski definition) is 2. The monoisotopic (exact) mass is 343 g/mol. The van der Waals surface area contributed by atoms with Gasteiger partial charge >= 0.3 is 0 Å². The standard InChI is InChI=1S/C18H25N5O2/c1-12-4-5-14(10-13(12)2)19-17(25)15-11-16(24)21-18(20-15)23-8-6-22(3)7-9-23/h4-5,10,15H,6-9,11H2,1-3H3,(H,19,25)(H,20,21,24)/t15-/m1/s1. The molecule has 0 spiro atoms. The van der Waals surface area contributed by atoms with Gasteiger partial charge in [0, 0.05) is 31.9 Å². The lowest BCUT2D eigenvalue weighted by molar-refractivity contribution is -0.125. The Balaban J connectivity index is 1.71. The van der Waals surface area contributed by atoms with E-state index in [-0.39, 0.29) is 18.2 Å². The highest BCUT2D eigenvalue weighted by molar-refractivity contribution is 6.06. The average molecular weight is 343 g/mol. The Kier molecular flexibility index (Phi) is 5.03. The fourth-order valence-corrected chi connectivity index (χ4v) is 2.95. The van der Waals surface area contributed by atoms with Crippen LogP contribution in [0.5, 0.6) is 0 Å². The van der Waals surface area contributed by atoms with Crippen molar-refractivity contribution in [3.63, 3.8) is 0 Å². The van der Waals surface area contributed by atoms with E-state index in [2.05, 4.69) is 27.6 Å². The highest BCUT2D eigenvalue weighted by atomic mass is 16.2. The number of rotatable bonds is 2. The summed E-state index contributed by atoms with van der Waals surface area (Å²) in [5.41, 5.74) is 3.02. The molecule has 2 aliphatic heterocycles. The van der Waals surface area contributed by atoms with Crippen molar-refractivity contribution in [3.05, 3.63) is 29.3 Å². The smallest absolute Gasteiger partial charge is 0.249 e. The zero-order valence-electron chi connectivity index (χ0n) is 15.0. The van der Waals surface area contributed by atoms with Crippen LogP contribution in [-0.2, 0) is 9.59 Å². The fourth-order valence-electron chi connectivity index (χ4n) is 2.95. The summed E-state index contributed by atoms with van der Waals surface area (Å²) in [6, 6.07) is 5.08. The Morgan fingerprint density at radius 2 is 1.92 bits per heavy atom. The summed E-state index contributed by atoms with van der Waals surface area (Å²) in [5.74, 6) is 0.110. The molecule has 0 aromatic heterocycles. The summed E-state index contributed by atoms with van der Waals surface area (Å²) in [5, 5.41) is 5.68. The molecule has 134 valence electrons. The Bertz CT molecular complexity index is 707. The van der Waals surface area contributed by atoms with Crippen LogP contribution >= 0.6 is 0 Å². The number of aryl methyl sites for hydroxylation is 2. The summed E-state index contributed by atoms with van der Waals surface area (Å²) in [6.07, 6.45) is 0.0773. The first-order chi connectivity index (χ1) is 11.9. The molecule has 2 aliphatic rings. The molecule has 7 heteroatoms. The first kappa shape index (κ1) is 17.4. The second-order valence-electron chi connectivity index (χ2n) is 6.80. The number of carbonyl (C=O) groups excluding carboxylic acids is 2. The minimum atomic E-state index is -0.690. The molecule has 1 aromatic rings. The zero-order valence-corrected chi connectivity index (χ0v) is 15.0. The summed E-state index contributed by atoms with van der Waals surface area (Å²) in [6.45, 7) is 7.44. The number of benzene rings is 1. The van der Waals surface area contributed by atoms with Crippen LogP contribution in [0.3, 0.4) is 0 Å². The first-order valence-corrected chi connectivity index (χ1v) is 8.61. The van der Waals surface area contributed by atoms with Crippen LogP contribution < -0.4 is 10.6 Å². The van der Waals surface area contributed by atoms with Gasteiger partial charge in [0.15, 0.2) is 0 Å². The third-order valence-corrected chi connectivity index (χ3v) is 4.79. The molecule has 3 rings (SSSR count). The van der Waals surface area contributed by atoms with Crippen LogP contribution in [0.1, 0.15) is 17.5 Å². The molecule has 0 bridgehead atoms. The van der Waals surface area contributed by atoms with Gasteiger partial charge in [-0.2, -0.15) is 0 Å². The Hall–Kier alpha value is -2.41. The largest absolute Gasteiger partial charge is 0.340 e. The number of amides is 2. The Morgan fingerprint density at radius 1 is 1.20 bits per heavy atom. The second kappa shape index (κ2) is 7.23. The number of nitrogens with zero attached hydrogens (tertiary/aromatic N) is 3. The predicted molar refractivity (Wildman–Crippen MR) is 97.6 cm³/mol. The van der Waals surface area contributed by atoms with Crippen molar-refractivity contribution >= 4 is 23.5 Å². The number of anilines is 1. The molecule has 0 unspecified atom stereocenters. The molecule has 0 saturated carbocycles. The molecule has 0 radical (unpaired) electrons. The number of aliphatic imine (C=N–C) groups is 1. The maximum Gasteiger partial charge on any atom is 0.249 e. The lowest BCUT2D eigenvalue weighted by atomic mass is 10.1. The van der Waals surface area contributed by atoms with Gasteiger partial charge in [0.05, 0.1) is 6.42 Å². The van der Waals surface area contributed by atoms with Crippen molar-refractivity contribution in [1.82, 2.24) is 15.1 Å². The van der Waals surface area contributed by atoms with E-state index < -0.39 is 6.04 Å². The van der Waals surface area contributed by atoms with Crippen LogP contribution in [0, 0.1) is 13.8 Å². The number of piperazine rings is 1. The topological polar surface area (TPSA) is 77.0 Å². The van der Waals surface area contributed by atoms with E-state index in [1.54, 1.807) is 0 Å². The molecule has 2 N–H and O–H groups in total. The van der Waals surface area contributed by atoms with Crippen molar-refractivity contribution in [2.45, 2.75) is 26.3 Å². The quantitative estimate of drug-likeness (QED) is 0.830. The molecule has 1 aromatic carbocycles. The summed E-state index contributed by atoms with van der Waals surface area (Å²) < 4.78 is 0. The highest BCUT2D eigenvalue weighted by Crippen LogP contribution is 2.16. The normalized spacial score (nSPS) is 21.6. The lowest BCUT2D eigenvalue weighted by Gasteiger charge is -2.36. The van der Waals surface area contributed by atoms with E-state index in [1.807, 2.05) is 36.9 Å². The van der Waals surface area contributed by atoms with Crippen LogP contribution in [0.15, 0.2) is 23.2 Å². The third kappa shape index (κ3) is 4.17. The average Bonchev–Trinajstić information content (AvgIpc) is 2.58. The summed E-state index contributed by atoms with van der Waals surface area (Å²) >= 11 is 0. The maximum absolute atomic E-state index is 12.6.